The van der Waals surface area contributed by atoms with Crippen LogP contribution in [0.15, 0.2) is 50.6 Å². The summed E-state index contributed by atoms with van der Waals surface area (Å²) in [6, 6.07) is 8.24. The van der Waals surface area contributed by atoms with E-state index in [-0.39, 0.29) is 15.5 Å². The third-order valence-electron chi connectivity index (χ3n) is 4.15. The Labute approximate surface area is 166 Å². The highest BCUT2D eigenvalue weighted by molar-refractivity contribution is 7.92. The number of nitrogens with one attached hydrogen (secondary N) is 2. The van der Waals surface area contributed by atoms with Crippen molar-refractivity contribution in [2.24, 2.45) is 4.40 Å². The number of anilines is 2. The average Bonchev–Trinajstić information content (AvgIpc) is 2.67. The molecule has 2 aromatic carbocycles. The van der Waals surface area contributed by atoms with Gasteiger partial charge < -0.3 is 20.1 Å². The summed E-state index contributed by atoms with van der Waals surface area (Å²) in [4.78, 5) is 11.7. The molecular weight excluding hydrogens is 422 g/mol. The smallest absolute Gasteiger partial charge is 0.285 e. The molecule has 0 radical (unpaired) electrons. The molecule has 10 nitrogen and oxygen atoms in total. The van der Waals surface area contributed by atoms with Crippen molar-refractivity contribution in [3.8, 4) is 11.5 Å². The normalized spacial score (nSPS) is 16.4. The van der Waals surface area contributed by atoms with Gasteiger partial charge in [-0.2, -0.15) is 8.42 Å². The van der Waals surface area contributed by atoms with E-state index in [9.17, 15) is 21.6 Å². The van der Waals surface area contributed by atoms with Crippen molar-refractivity contribution in [1.82, 2.24) is 0 Å². The highest BCUT2D eigenvalue weighted by Gasteiger charge is 2.26. The van der Waals surface area contributed by atoms with Gasteiger partial charge in [0.1, 0.15) is 30.2 Å². The molecule has 4 rings (SSSR count). The Bertz CT molecular complexity index is 1240. The maximum absolute atomic E-state index is 12.6. The number of hydrogen-bond donors (Lipinski definition) is 2. The predicted molar refractivity (Wildman–Crippen MR) is 104 cm³/mol. The monoisotopic (exact) mass is 437 g/mol. The summed E-state index contributed by atoms with van der Waals surface area (Å²) in [5.74, 6) is -0.659. The Hall–Kier alpha value is -3.12. The van der Waals surface area contributed by atoms with E-state index < -0.39 is 31.5 Å². The van der Waals surface area contributed by atoms with E-state index in [2.05, 4.69) is 15.0 Å². The topological polar surface area (TPSA) is 140 Å². The van der Waals surface area contributed by atoms with Gasteiger partial charge in [0.25, 0.3) is 10.0 Å². The molecule has 2 aliphatic heterocycles. The molecule has 0 aromatic heterocycles. The standard InChI is InChI=1S/C17H15N3O7S2/c21-17(20-11-1-4-14-15(7-11)27-6-5-26-14)9-28(22,23)12-2-3-13-16(8-12)29(24,25)19-10-18-13/h1-4,7-8,10H,5-6,9H2,(H,18,19)(H,20,21). The molecule has 0 aliphatic carbocycles. The largest absolute Gasteiger partial charge is 0.486 e. The molecule has 0 atom stereocenters. The highest BCUT2D eigenvalue weighted by atomic mass is 32.2. The van der Waals surface area contributed by atoms with Crippen molar-refractivity contribution in [3.63, 3.8) is 0 Å². The molecule has 0 spiro atoms. The summed E-state index contributed by atoms with van der Waals surface area (Å²) in [5.41, 5.74) is 0.556. The minimum atomic E-state index is -4.09. The van der Waals surface area contributed by atoms with Gasteiger partial charge >= 0.3 is 0 Å². The van der Waals surface area contributed by atoms with Crippen LogP contribution in [-0.4, -0.2) is 48.0 Å². The molecule has 1 amide bonds. The fourth-order valence-electron chi connectivity index (χ4n) is 2.82. The van der Waals surface area contributed by atoms with Crippen LogP contribution in [0.4, 0.5) is 11.4 Å². The summed E-state index contributed by atoms with van der Waals surface area (Å²) in [6.45, 7) is 0.799. The van der Waals surface area contributed by atoms with Gasteiger partial charge in [0.15, 0.2) is 21.3 Å². The molecule has 0 saturated heterocycles. The molecule has 0 saturated carbocycles. The number of sulfone groups is 1. The molecule has 152 valence electrons. The fourth-order valence-corrected chi connectivity index (χ4v) is 5.04. The van der Waals surface area contributed by atoms with Crippen molar-refractivity contribution in [3.05, 3.63) is 36.4 Å². The second-order valence-corrected chi connectivity index (χ2v) is 9.77. The van der Waals surface area contributed by atoms with Crippen LogP contribution in [0, 0.1) is 0 Å². The summed E-state index contributed by atoms with van der Waals surface area (Å²) < 4.78 is 63.3. The molecule has 12 heteroatoms. The molecule has 0 unspecified atom stereocenters. The Morgan fingerprint density at radius 3 is 2.66 bits per heavy atom. The number of carbonyl (C=O) groups excluding carboxylic acids is 1. The molecule has 2 aliphatic rings. The lowest BCUT2D eigenvalue weighted by molar-refractivity contribution is -0.113. The quantitative estimate of drug-likeness (QED) is 0.722. The fraction of sp³-hybridized carbons (Fsp3) is 0.176. The van der Waals surface area contributed by atoms with Crippen molar-refractivity contribution < 1.29 is 31.1 Å². The molecule has 2 N–H and O–H groups in total. The Morgan fingerprint density at radius 1 is 1.10 bits per heavy atom. The number of ether oxygens (including phenoxy) is 2. The number of amides is 1. The first-order valence-corrected chi connectivity index (χ1v) is 11.5. The number of benzene rings is 2. The molecule has 2 heterocycles. The second-order valence-electron chi connectivity index (χ2n) is 6.18. The van der Waals surface area contributed by atoms with Crippen LogP contribution in [0.1, 0.15) is 0 Å². The molecule has 2 aromatic rings. The van der Waals surface area contributed by atoms with Crippen molar-refractivity contribution in [2.45, 2.75) is 9.79 Å². The highest BCUT2D eigenvalue weighted by Crippen LogP contribution is 2.33. The van der Waals surface area contributed by atoms with Gasteiger partial charge in [-0.1, -0.05) is 0 Å². The third-order valence-corrected chi connectivity index (χ3v) is 7.04. The van der Waals surface area contributed by atoms with Crippen molar-refractivity contribution in [1.29, 1.82) is 0 Å². The van der Waals surface area contributed by atoms with Crippen LogP contribution in [-0.2, 0) is 24.7 Å². The van der Waals surface area contributed by atoms with E-state index in [1.807, 2.05) is 0 Å². The lowest BCUT2D eigenvalue weighted by Gasteiger charge is -2.19. The van der Waals surface area contributed by atoms with E-state index in [0.29, 0.717) is 30.4 Å². The van der Waals surface area contributed by atoms with E-state index in [4.69, 9.17) is 9.47 Å². The number of carbonyl (C=O) groups is 1. The van der Waals surface area contributed by atoms with Gasteiger partial charge in [0.2, 0.25) is 5.91 Å². The summed E-state index contributed by atoms with van der Waals surface area (Å²) in [7, 11) is -8.09. The predicted octanol–water partition coefficient (Wildman–Crippen LogP) is 1.01. The van der Waals surface area contributed by atoms with Crippen LogP contribution >= 0.6 is 0 Å². The number of rotatable bonds is 4. The second kappa shape index (κ2) is 7.04. The Kier molecular flexibility index (Phi) is 4.67. The Balaban J connectivity index is 1.53. The lowest BCUT2D eigenvalue weighted by atomic mass is 10.2. The van der Waals surface area contributed by atoms with E-state index in [1.165, 1.54) is 18.2 Å². The SMILES string of the molecule is O=C(CS(=O)(=O)c1ccc2c(c1)S(=O)(=O)N=CN2)Nc1ccc2c(c1)OCCO2. The third kappa shape index (κ3) is 3.89. The maximum atomic E-state index is 12.6. The first kappa shape index (κ1) is 19.2. The molecule has 29 heavy (non-hydrogen) atoms. The minimum Gasteiger partial charge on any atom is -0.486 e. The summed E-state index contributed by atoms with van der Waals surface area (Å²) in [6.07, 6.45) is 1.01. The van der Waals surface area contributed by atoms with Crippen LogP contribution in [0.2, 0.25) is 0 Å². The number of hydrogen-bond acceptors (Lipinski definition) is 8. The van der Waals surface area contributed by atoms with Crippen LogP contribution in [0.5, 0.6) is 11.5 Å². The van der Waals surface area contributed by atoms with Gasteiger partial charge in [-0.05, 0) is 30.3 Å². The minimum absolute atomic E-state index is 0.208. The van der Waals surface area contributed by atoms with Crippen LogP contribution in [0.3, 0.4) is 0 Å². The van der Waals surface area contributed by atoms with Gasteiger partial charge in [-0.25, -0.2) is 8.42 Å². The zero-order chi connectivity index (χ0) is 20.6. The maximum Gasteiger partial charge on any atom is 0.285 e. The van der Waals surface area contributed by atoms with Gasteiger partial charge in [0.05, 0.1) is 10.6 Å². The summed E-state index contributed by atoms with van der Waals surface area (Å²) in [5, 5.41) is 5.12. The van der Waals surface area contributed by atoms with Crippen molar-refractivity contribution in [2.75, 3.05) is 29.6 Å². The van der Waals surface area contributed by atoms with E-state index in [1.54, 1.807) is 12.1 Å². The number of sulfonamides is 1. The molecule has 0 fully saturated rings. The van der Waals surface area contributed by atoms with E-state index >= 15 is 0 Å². The molecular formula is C17H15N3O7S2. The van der Waals surface area contributed by atoms with Crippen LogP contribution < -0.4 is 20.1 Å². The zero-order valence-electron chi connectivity index (χ0n) is 14.8. The van der Waals surface area contributed by atoms with Gasteiger partial charge in [-0.15, -0.1) is 4.40 Å². The number of nitrogens with zero attached hydrogens (tertiary/aromatic N) is 1. The van der Waals surface area contributed by atoms with Gasteiger partial charge in [0, 0.05) is 11.8 Å². The number of fused-ring (bicyclic) bond motifs is 2. The first-order chi connectivity index (χ1) is 13.7. The Morgan fingerprint density at radius 2 is 1.86 bits per heavy atom. The average molecular weight is 437 g/mol. The lowest BCUT2D eigenvalue weighted by Crippen LogP contribution is -2.23. The molecule has 0 bridgehead atoms. The zero-order valence-corrected chi connectivity index (χ0v) is 16.4. The summed E-state index contributed by atoms with van der Waals surface area (Å²) >= 11 is 0. The van der Waals surface area contributed by atoms with Crippen LogP contribution in [0.25, 0.3) is 0 Å². The van der Waals surface area contributed by atoms with Gasteiger partial charge in [-0.3, -0.25) is 4.79 Å². The van der Waals surface area contributed by atoms with E-state index in [0.717, 1.165) is 12.4 Å². The first-order valence-electron chi connectivity index (χ1n) is 8.36. The van der Waals surface area contributed by atoms with Crippen molar-refractivity contribution >= 4 is 43.5 Å².